The first kappa shape index (κ1) is 21.3. The number of guanidine groups is 1. The summed E-state index contributed by atoms with van der Waals surface area (Å²) in [6.07, 6.45) is 0. The molecule has 2 N–H and O–H groups in total. The molecule has 30 heavy (non-hydrogen) atoms. The van der Waals surface area contributed by atoms with Crippen molar-refractivity contribution in [2.75, 3.05) is 5.32 Å². The summed E-state index contributed by atoms with van der Waals surface area (Å²) in [7, 11) is 1.92. The Kier molecular flexibility index (Phi) is 6.35. The third-order valence-electron chi connectivity index (χ3n) is 5.08. The Balaban J connectivity index is 1.88. The van der Waals surface area contributed by atoms with Crippen LogP contribution in [0, 0.1) is 34.6 Å². The lowest BCUT2D eigenvalue weighted by atomic mass is 10.1. The van der Waals surface area contributed by atoms with Crippen molar-refractivity contribution in [1.29, 1.82) is 0 Å². The number of aliphatic imine (C=N–C) groups is 1. The molecular formula is C24H29N5O. The topological polar surface area (TPSA) is 71.3 Å². The second kappa shape index (κ2) is 8.95. The van der Waals surface area contributed by atoms with Crippen LogP contribution in [0.2, 0.25) is 0 Å². The van der Waals surface area contributed by atoms with Crippen molar-refractivity contribution in [3.63, 3.8) is 0 Å². The zero-order valence-corrected chi connectivity index (χ0v) is 18.5. The third-order valence-corrected chi connectivity index (χ3v) is 5.08. The number of rotatable bonds is 4. The van der Waals surface area contributed by atoms with Gasteiger partial charge >= 0.3 is 0 Å². The summed E-state index contributed by atoms with van der Waals surface area (Å²) in [6.45, 7) is 10.5. The highest BCUT2D eigenvalue weighted by atomic mass is 16.1. The maximum atomic E-state index is 12.8. The molecule has 3 rings (SSSR count). The summed E-state index contributed by atoms with van der Waals surface area (Å²) in [5.74, 6) is 0.207. The first-order valence-electron chi connectivity index (χ1n) is 10.00. The number of aryl methyl sites for hydroxylation is 5. The Morgan fingerprint density at radius 3 is 2.17 bits per heavy atom. The first-order chi connectivity index (χ1) is 14.2. The summed E-state index contributed by atoms with van der Waals surface area (Å²) in [5, 5.41) is 10.7. The van der Waals surface area contributed by atoms with Crippen LogP contribution in [0.3, 0.4) is 0 Å². The number of carbonyl (C=O) groups excluding carboxylic acids is 1. The molecule has 1 heterocycles. The molecule has 3 aromatic rings. The minimum atomic E-state index is -0.203. The van der Waals surface area contributed by atoms with Gasteiger partial charge < -0.3 is 5.32 Å². The Morgan fingerprint density at radius 1 is 0.967 bits per heavy atom. The van der Waals surface area contributed by atoms with Crippen molar-refractivity contribution in [2.45, 2.75) is 41.2 Å². The minimum Gasteiger partial charge on any atom is -0.326 e. The quantitative estimate of drug-likeness (QED) is 0.502. The van der Waals surface area contributed by atoms with Crippen LogP contribution in [0.15, 0.2) is 47.5 Å². The SMILES string of the molecule is Cc1ccc(C(=O)NC(=NCc2c(C)nn(C)c2C)Nc2cc(C)cc(C)c2)cc1. The van der Waals surface area contributed by atoms with Gasteiger partial charge in [0.2, 0.25) is 5.96 Å². The van der Waals surface area contributed by atoms with E-state index in [1.54, 1.807) is 0 Å². The van der Waals surface area contributed by atoms with Crippen LogP contribution in [0.1, 0.15) is 44.0 Å². The normalized spacial score (nSPS) is 11.5. The van der Waals surface area contributed by atoms with E-state index in [1.165, 1.54) is 0 Å². The number of carbonyl (C=O) groups is 1. The van der Waals surface area contributed by atoms with Crippen molar-refractivity contribution in [3.8, 4) is 0 Å². The second-order valence-electron chi connectivity index (χ2n) is 7.76. The fraction of sp³-hybridized carbons (Fsp3) is 0.292. The highest BCUT2D eigenvalue weighted by Crippen LogP contribution is 2.16. The molecule has 0 aliphatic heterocycles. The third kappa shape index (κ3) is 5.14. The molecule has 156 valence electrons. The highest BCUT2D eigenvalue weighted by Gasteiger charge is 2.12. The van der Waals surface area contributed by atoms with Gasteiger partial charge in [0.15, 0.2) is 0 Å². The molecule has 0 atom stereocenters. The number of nitrogens with zero attached hydrogens (tertiary/aromatic N) is 3. The smallest absolute Gasteiger partial charge is 0.257 e. The fourth-order valence-corrected chi connectivity index (χ4v) is 3.38. The highest BCUT2D eigenvalue weighted by molar-refractivity contribution is 6.10. The Labute approximate surface area is 178 Å². The van der Waals surface area contributed by atoms with E-state index in [-0.39, 0.29) is 5.91 Å². The maximum absolute atomic E-state index is 12.8. The van der Waals surface area contributed by atoms with E-state index in [4.69, 9.17) is 0 Å². The van der Waals surface area contributed by atoms with Crippen molar-refractivity contribution >= 4 is 17.6 Å². The molecule has 0 aliphatic rings. The number of amides is 1. The fourth-order valence-electron chi connectivity index (χ4n) is 3.38. The van der Waals surface area contributed by atoms with E-state index in [2.05, 4.69) is 26.8 Å². The molecule has 0 unspecified atom stereocenters. The Bertz CT molecular complexity index is 1070. The molecule has 0 bridgehead atoms. The van der Waals surface area contributed by atoms with Gasteiger partial charge in [-0.3, -0.25) is 14.8 Å². The van der Waals surface area contributed by atoms with Crippen molar-refractivity contribution < 1.29 is 4.79 Å². The van der Waals surface area contributed by atoms with Crippen LogP contribution in [0.4, 0.5) is 5.69 Å². The lowest BCUT2D eigenvalue weighted by Crippen LogP contribution is -2.36. The molecule has 6 nitrogen and oxygen atoms in total. The summed E-state index contributed by atoms with van der Waals surface area (Å²) in [6, 6.07) is 13.6. The summed E-state index contributed by atoms with van der Waals surface area (Å²) in [4.78, 5) is 17.5. The minimum absolute atomic E-state index is 0.203. The number of benzene rings is 2. The van der Waals surface area contributed by atoms with Crippen LogP contribution in [0.5, 0.6) is 0 Å². The summed E-state index contributed by atoms with van der Waals surface area (Å²) in [5.41, 5.74) is 7.92. The molecule has 0 fully saturated rings. The molecular weight excluding hydrogens is 374 g/mol. The van der Waals surface area contributed by atoms with Gasteiger partial charge in [-0.15, -0.1) is 0 Å². The molecule has 0 radical (unpaired) electrons. The van der Waals surface area contributed by atoms with Gasteiger partial charge in [-0.25, -0.2) is 4.99 Å². The van der Waals surface area contributed by atoms with E-state index in [9.17, 15) is 4.79 Å². The standard InChI is InChI=1S/C24H29N5O/c1-15-7-9-20(10-8-15)23(30)27-24(26-21-12-16(2)11-17(3)13-21)25-14-22-18(4)28-29(6)19(22)5/h7-13H,14H2,1-6H3,(H2,25,26,27,30). The molecule has 0 saturated heterocycles. The van der Waals surface area contributed by atoms with Crippen molar-refractivity contribution in [2.24, 2.45) is 12.0 Å². The lowest BCUT2D eigenvalue weighted by Gasteiger charge is -2.13. The molecule has 1 amide bonds. The van der Waals surface area contributed by atoms with Crippen LogP contribution >= 0.6 is 0 Å². The lowest BCUT2D eigenvalue weighted by molar-refractivity contribution is 0.0977. The summed E-state index contributed by atoms with van der Waals surface area (Å²) < 4.78 is 1.85. The van der Waals surface area contributed by atoms with Crippen molar-refractivity contribution in [3.05, 3.63) is 81.7 Å². The number of anilines is 1. The molecule has 0 saturated carbocycles. The van der Waals surface area contributed by atoms with E-state index >= 15 is 0 Å². The van der Waals surface area contributed by atoms with Crippen LogP contribution in [-0.2, 0) is 13.6 Å². The van der Waals surface area contributed by atoms with Gasteiger partial charge in [0.1, 0.15) is 0 Å². The number of nitrogens with one attached hydrogen (secondary N) is 2. The van der Waals surface area contributed by atoms with Crippen molar-refractivity contribution in [1.82, 2.24) is 15.1 Å². The number of hydrogen-bond acceptors (Lipinski definition) is 3. The average Bonchev–Trinajstić information content (AvgIpc) is 2.91. The maximum Gasteiger partial charge on any atom is 0.257 e. The van der Waals surface area contributed by atoms with E-state index < -0.39 is 0 Å². The average molecular weight is 404 g/mol. The molecule has 2 aromatic carbocycles. The van der Waals surface area contributed by atoms with Gasteiger partial charge in [0, 0.05) is 29.6 Å². The van der Waals surface area contributed by atoms with Crippen LogP contribution in [-0.4, -0.2) is 21.6 Å². The van der Waals surface area contributed by atoms with Gasteiger partial charge in [-0.05, 0) is 70.0 Å². The zero-order valence-electron chi connectivity index (χ0n) is 18.5. The van der Waals surface area contributed by atoms with Gasteiger partial charge in [-0.1, -0.05) is 23.8 Å². The first-order valence-corrected chi connectivity index (χ1v) is 10.00. The Morgan fingerprint density at radius 2 is 1.60 bits per heavy atom. The summed E-state index contributed by atoms with van der Waals surface area (Å²) >= 11 is 0. The van der Waals surface area contributed by atoms with Gasteiger partial charge in [0.25, 0.3) is 5.91 Å². The Hall–Kier alpha value is -3.41. The predicted molar refractivity (Wildman–Crippen MR) is 122 cm³/mol. The molecule has 0 spiro atoms. The predicted octanol–water partition coefficient (Wildman–Crippen LogP) is 4.36. The molecule has 6 heteroatoms. The van der Waals surface area contributed by atoms with Crippen LogP contribution < -0.4 is 10.6 Å². The van der Waals surface area contributed by atoms with Crippen LogP contribution in [0.25, 0.3) is 0 Å². The largest absolute Gasteiger partial charge is 0.326 e. The second-order valence-corrected chi connectivity index (χ2v) is 7.76. The number of aromatic nitrogens is 2. The van der Waals surface area contributed by atoms with E-state index in [1.807, 2.05) is 82.7 Å². The van der Waals surface area contributed by atoms with E-state index in [0.717, 1.165) is 39.3 Å². The zero-order chi connectivity index (χ0) is 21.8. The monoisotopic (exact) mass is 403 g/mol. The van der Waals surface area contributed by atoms with Gasteiger partial charge in [-0.2, -0.15) is 5.10 Å². The van der Waals surface area contributed by atoms with E-state index in [0.29, 0.717) is 18.1 Å². The number of hydrogen-bond donors (Lipinski definition) is 2. The van der Waals surface area contributed by atoms with Gasteiger partial charge in [0.05, 0.1) is 12.2 Å². The molecule has 0 aliphatic carbocycles. The molecule has 1 aromatic heterocycles.